The largest absolute Gasteiger partial charge is 0.394 e. The molecule has 0 spiro atoms. The van der Waals surface area contributed by atoms with Crippen molar-refractivity contribution in [2.24, 2.45) is 0 Å². The Bertz CT molecular complexity index is 306. The Labute approximate surface area is 99.6 Å². The Morgan fingerprint density at radius 1 is 1.24 bits per heavy atom. The van der Waals surface area contributed by atoms with Gasteiger partial charge in [-0.15, -0.1) is 0 Å². The maximum absolute atomic E-state index is 10.5. The van der Waals surface area contributed by atoms with Crippen molar-refractivity contribution in [2.45, 2.75) is 30.4 Å². The standard InChI is InChI=1S/C8H19NO7S/c1-2-8(4-10,5-11)9-3-6(12)7(13)17(14,15)16/h6-7,9-13H,2-5H2,1H3,(H,14,15,16). The van der Waals surface area contributed by atoms with Gasteiger partial charge in [-0.25, -0.2) is 0 Å². The summed E-state index contributed by atoms with van der Waals surface area (Å²) < 4.78 is 29.5. The zero-order valence-electron chi connectivity index (χ0n) is 9.44. The maximum Gasteiger partial charge on any atom is 0.294 e. The number of aliphatic hydroxyl groups excluding tert-OH is 4. The monoisotopic (exact) mass is 273 g/mol. The summed E-state index contributed by atoms with van der Waals surface area (Å²) in [6.45, 7) is 0.421. The average Bonchev–Trinajstić information content (AvgIpc) is 2.29. The first-order chi connectivity index (χ1) is 7.72. The van der Waals surface area contributed by atoms with E-state index < -0.39 is 47.0 Å². The van der Waals surface area contributed by atoms with Crippen molar-refractivity contribution in [1.29, 1.82) is 0 Å². The van der Waals surface area contributed by atoms with E-state index in [1.54, 1.807) is 6.92 Å². The highest BCUT2D eigenvalue weighted by Crippen LogP contribution is 2.09. The van der Waals surface area contributed by atoms with E-state index in [1.807, 2.05) is 0 Å². The maximum atomic E-state index is 10.5. The molecule has 0 fully saturated rings. The number of rotatable bonds is 8. The minimum atomic E-state index is -4.75. The van der Waals surface area contributed by atoms with Gasteiger partial charge in [0.05, 0.1) is 18.8 Å². The fraction of sp³-hybridized carbons (Fsp3) is 1.00. The van der Waals surface area contributed by atoms with Crippen molar-refractivity contribution >= 4 is 10.1 Å². The number of nitrogens with one attached hydrogen (secondary N) is 1. The van der Waals surface area contributed by atoms with Gasteiger partial charge < -0.3 is 25.7 Å². The smallest absolute Gasteiger partial charge is 0.294 e. The van der Waals surface area contributed by atoms with Crippen LogP contribution in [0.1, 0.15) is 13.3 Å². The van der Waals surface area contributed by atoms with Crippen molar-refractivity contribution in [3.63, 3.8) is 0 Å². The Kier molecular flexibility index (Phi) is 6.48. The molecule has 0 bridgehead atoms. The van der Waals surface area contributed by atoms with E-state index in [4.69, 9.17) is 19.9 Å². The summed E-state index contributed by atoms with van der Waals surface area (Å²) in [5.74, 6) is 0. The van der Waals surface area contributed by atoms with Crippen LogP contribution in [0.4, 0.5) is 0 Å². The molecule has 104 valence electrons. The number of β-amino-alcohol motifs (C(OH)–C–C–N with tert-alkyl or cyclic N) is 1. The van der Waals surface area contributed by atoms with E-state index in [0.29, 0.717) is 6.42 Å². The van der Waals surface area contributed by atoms with Crippen LogP contribution < -0.4 is 5.32 Å². The lowest BCUT2D eigenvalue weighted by Crippen LogP contribution is -2.55. The molecule has 0 aliphatic rings. The van der Waals surface area contributed by atoms with Crippen LogP contribution in [0.25, 0.3) is 0 Å². The fourth-order valence-corrected chi connectivity index (χ4v) is 1.62. The van der Waals surface area contributed by atoms with E-state index in [1.165, 1.54) is 0 Å². The van der Waals surface area contributed by atoms with Gasteiger partial charge in [-0.1, -0.05) is 6.92 Å². The molecule has 9 heteroatoms. The first kappa shape index (κ1) is 16.7. The molecule has 0 heterocycles. The van der Waals surface area contributed by atoms with Gasteiger partial charge in [-0.3, -0.25) is 4.55 Å². The molecule has 0 aliphatic heterocycles. The first-order valence-electron chi connectivity index (χ1n) is 5.01. The second-order valence-corrected chi connectivity index (χ2v) is 5.32. The molecule has 0 aromatic heterocycles. The minimum Gasteiger partial charge on any atom is -0.394 e. The molecule has 0 aliphatic carbocycles. The summed E-state index contributed by atoms with van der Waals surface area (Å²) in [5, 5.41) is 39.0. The van der Waals surface area contributed by atoms with Gasteiger partial charge in [-0.2, -0.15) is 8.42 Å². The number of aliphatic hydroxyl groups is 4. The molecule has 6 N–H and O–H groups in total. The average molecular weight is 273 g/mol. The van der Waals surface area contributed by atoms with Crippen molar-refractivity contribution < 1.29 is 33.4 Å². The lowest BCUT2D eigenvalue weighted by Gasteiger charge is -2.31. The molecule has 0 radical (unpaired) electrons. The number of hydrogen-bond acceptors (Lipinski definition) is 7. The third-order valence-electron chi connectivity index (χ3n) is 2.60. The van der Waals surface area contributed by atoms with Crippen LogP contribution in [0.5, 0.6) is 0 Å². The zero-order chi connectivity index (χ0) is 13.7. The fourth-order valence-electron chi connectivity index (χ4n) is 1.13. The van der Waals surface area contributed by atoms with E-state index >= 15 is 0 Å². The van der Waals surface area contributed by atoms with Crippen molar-refractivity contribution in [1.82, 2.24) is 5.32 Å². The highest BCUT2D eigenvalue weighted by Gasteiger charge is 2.32. The molecule has 0 aromatic carbocycles. The molecule has 0 amide bonds. The summed E-state index contributed by atoms with van der Waals surface area (Å²) in [5.41, 5.74) is -3.40. The van der Waals surface area contributed by atoms with E-state index in [9.17, 15) is 13.5 Å². The van der Waals surface area contributed by atoms with Gasteiger partial charge in [0.25, 0.3) is 10.1 Å². The topological polar surface area (TPSA) is 147 Å². The van der Waals surface area contributed by atoms with Crippen LogP contribution >= 0.6 is 0 Å². The molecule has 0 aromatic rings. The molecular formula is C8H19NO7S. The van der Waals surface area contributed by atoms with Crippen molar-refractivity contribution in [3.8, 4) is 0 Å². The van der Waals surface area contributed by atoms with Crippen molar-refractivity contribution in [3.05, 3.63) is 0 Å². The van der Waals surface area contributed by atoms with Crippen LogP contribution in [0.15, 0.2) is 0 Å². The Morgan fingerprint density at radius 2 is 1.71 bits per heavy atom. The predicted molar refractivity (Wildman–Crippen MR) is 58.8 cm³/mol. The first-order valence-corrected chi connectivity index (χ1v) is 6.52. The van der Waals surface area contributed by atoms with Crippen LogP contribution in [0, 0.1) is 0 Å². The Morgan fingerprint density at radius 3 is 2.00 bits per heavy atom. The summed E-state index contributed by atoms with van der Waals surface area (Å²) in [6.07, 6.45) is -1.44. The predicted octanol–water partition coefficient (Wildman–Crippen LogP) is -2.72. The van der Waals surface area contributed by atoms with Crippen LogP contribution in [-0.4, -0.2) is 70.2 Å². The SMILES string of the molecule is CCC(CO)(CO)NCC(O)C(O)S(=O)(=O)O. The van der Waals surface area contributed by atoms with Crippen LogP contribution in [0.3, 0.4) is 0 Å². The van der Waals surface area contributed by atoms with E-state index in [-0.39, 0.29) is 0 Å². The molecule has 0 saturated carbocycles. The van der Waals surface area contributed by atoms with Crippen LogP contribution in [0.2, 0.25) is 0 Å². The third kappa shape index (κ3) is 4.84. The second kappa shape index (κ2) is 6.59. The zero-order valence-corrected chi connectivity index (χ0v) is 10.3. The molecule has 8 nitrogen and oxygen atoms in total. The number of hydrogen-bond donors (Lipinski definition) is 6. The normalized spacial score (nSPS) is 16.8. The molecule has 0 saturated heterocycles. The minimum absolute atomic E-state index is 0.328. The van der Waals surface area contributed by atoms with E-state index in [2.05, 4.69) is 5.32 Å². The Hall–Kier alpha value is -0.290. The summed E-state index contributed by atoms with van der Waals surface area (Å²) >= 11 is 0. The van der Waals surface area contributed by atoms with Gasteiger partial charge in [0, 0.05) is 6.54 Å². The molecule has 2 atom stereocenters. The van der Waals surface area contributed by atoms with Gasteiger partial charge in [0.1, 0.15) is 6.10 Å². The highest BCUT2D eigenvalue weighted by molar-refractivity contribution is 7.86. The van der Waals surface area contributed by atoms with Gasteiger partial charge in [0.15, 0.2) is 0 Å². The quantitative estimate of drug-likeness (QED) is 0.261. The summed E-state index contributed by atoms with van der Waals surface area (Å²) in [4.78, 5) is 0. The van der Waals surface area contributed by atoms with Gasteiger partial charge in [0.2, 0.25) is 5.44 Å². The lowest BCUT2D eigenvalue weighted by molar-refractivity contribution is 0.0359. The van der Waals surface area contributed by atoms with Gasteiger partial charge in [-0.05, 0) is 6.42 Å². The molecule has 0 rings (SSSR count). The lowest BCUT2D eigenvalue weighted by atomic mass is 9.98. The van der Waals surface area contributed by atoms with Crippen molar-refractivity contribution in [2.75, 3.05) is 19.8 Å². The molecule has 17 heavy (non-hydrogen) atoms. The molecule has 2 unspecified atom stereocenters. The highest BCUT2D eigenvalue weighted by atomic mass is 32.2. The van der Waals surface area contributed by atoms with Crippen LogP contribution in [-0.2, 0) is 10.1 Å². The third-order valence-corrected chi connectivity index (χ3v) is 3.53. The summed E-state index contributed by atoms with van der Waals surface area (Å²) in [7, 11) is -4.75. The van der Waals surface area contributed by atoms with E-state index in [0.717, 1.165) is 0 Å². The van der Waals surface area contributed by atoms with Gasteiger partial charge >= 0.3 is 0 Å². The molecular weight excluding hydrogens is 254 g/mol. The Balaban J connectivity index is 4.46. The second-order valence-electron chi connectivity index (χ2n) is 3.80. The summed E-state index contributed by atoms with van der Waals surface area (Å²) in [6, 6.07) is 0.